The van der Waals surface area contributed by atoms with Crippen molar-refractivity contribution in [3.63, 3.8) is 0 Å². The summed E-state index contributed by atoms with van der Waals surface area (Å²) >= 11 is 0. The minimum Gasteiger partial charge on any atom is -0.467 e. The highest BCUT2D eigenvalue weighted by Crippen LogP contribution is 2.12. The summed E-state index contributed by atoms with van der Waals surface area (Å²) in [6.07, 6.45) is 0.704. The van der Waals surface area contributed by atoms with Crippen LogP contribution in [0.15, 0.2) is 27.8 Å². The smallest absolute Gasteiger partial charge is 0.186 e. The van der Waals surface area contributed by atoms with Gasteiger partial charge in [-0.2, -0.15) is 0 Å². The lowest BCUT2D eigenvalue weighted by Crippen LogP contribution is -2.23. The minimum atomic E-state index is -0.776. The topological polar surface area (TPSA) is 97.8 Å². The van der Waals surface area contributed by atoms with Gasteiger partial charge in [0.15, 0.2) is 5.96 Å². The van der Waals surface area contributed by atoms with E-state index in [1.165, 1.54) is 6.26 Å². The Kier molecular flexibility index (Phi) is 2.71. The molecule has 66 valence electrons. The van der Waals surface area contributed by atoms with Crippen LogP contribution in [0.1, 0.15) is 11.9 Å². The first-order chi connectivity index (χ1) is 5.70. The number of nitrogens with two attached hydrogens (primary N) is 2. The zero-order valence-corrected chi connectivity index (χ0v) is 6.47. The van der Waals surface area contributed by atoms with Crippen LogP contribution in [-0.2, 0) is 0 Å². The zero-order valence-electron chi connectivity index (χ0n) is 6.47. The van der Waals surface area contributed by atoms with Crippen LogP contribution in [0.3, 0.4) is 0 Å². The molecule has 0 aliphatic heterocycles. The molecule has 0 saturated carbocycles. The lowest BCUT2D eigenvalue weighted by atomic mass is 10.3. The highest BCUT2D eigenvalue weighted by atomic mass is 16.4. The molecule has 0 fully saturated rings. The van der Waals surface area contributed by atoms with Crippen molar-refractivity contribution in [3.8, 4) is 0 Å². The fourth-order valence-corrected chi connectivity index (χ4v) is 0.763. The first kappa shape index (κ1) is 8.61. The quantitative estimate of drug-likeness (QED) is 0.423. The van der Waals surface area contributed by atoms with Gasteiger partial charge in [-0.05, 0) is 12.1 Å². The van der Waals surface area contributed by atoms with Gasteiger partial charge in [0.1, 0.15) is 11.9 Å². The molecule has 5 heteroatoms. The fraction of sp³-hybridized carbons (Fsp3) is 0.286. The molecular weight excluding hydrogens is 158 g/mol. The lowest BCUT2D eigenvalue weighted by Gasteiger charge is -2.02. The maximum Gasteiger partial charge on any atom is 0.186 e. The van der Waals surface area contributed by atoms with Crippen molar-refractivity contribution >= 4 is 5.96 Å². The molecule has 1 aromatic heterocycles. The number of aliphatic hydroxyl groups is 1. The van der Waals surface area contributed by atoms with Crippen molar-refractivity contribution in [1.82, 2.24) is 0 Å². The molecule has 0 amide bonds. The van der Waals surface area contributed by atoms with E-state index >= 15 is 0 Å². The van der Waals surface area contributed by atoms with E-state index in [4.69, 9.17) is 15.9 Å². The first-order valence-electron chi connectivity index (χ1n) is 3.47. The van der Waals surface area contributed by atoms with Crippen LogP contribution >= 0.6 is 0 Å². The Morgan fingerprint density at radius 1 is 1.67 bits per heavy atom. The predicted octanol–water partition coefficient (Wildman–Crippen LogP) is -0.414. The van der Waals surface area contributed by atoms with E-state index in [2.05, 4.69) is 4.99 Å². The van der Waals surface area contributed by atoms with E-state index in [1.807, 2.05) is 0 Å². The number of furan rings is 1. The molecule has 0 aromatic carbocycles. The summed E-state index contributed by atoms with van der Waals surface area (Å²) in [5.41, 5.74) is 10.2. The largest absolute Gasteiger partial charge is 0.467 e. The molecule has 1 atom stereocenters. The van der Waals surface area contributed by atoms with Gasteiger partial charge in [0.05, 0.1) is 12.8 Å². The van der Waals surface area contributed by atoms with E-state index in [1.54, 1.807) is 12.1 Å². The summed E-state index contributed by atoms with van der Waals surface area (Å²) in [5, 5.41) is 9.35. The molecule has 1 aromatic rings. The average molecular weight is 169 g/mol. The van der Waals surface area contributed by atoms with Crippen molar-refractivity contribution in [1.29, 1.82) is 0 Å². The third kappa shape index (κ3) is 2.28. The summed E-state index contributed by atoms with van der Waals surface area (Å²) < 4.78 is 4.93. The SMILES string of the molecule is NC(N)=NCC(O)c1ccco1. The summed E-state index contributed by atoms with van der Waals surface area (Å²) in [5.74, 6) is 0.417. The Bertz CT molecular complexity index is 252. The monoisotopic (exact) mass is 169 g/mol. The Morgan fingerprint density at radius 2 is 2.42 bits per heavy atom. The van der Waals surface area contributed by atoms with Crippen LogP contribution < -0.4 is 11.5 Å². The Hall–Kier alpha value is -1.49. The van der Waals surface area contributed by atoms with Gasteiger partial charge in [0, 0.05) is 0 Å². The predicted molar refractivity (Wildman–Crippen MR) is 44.3 cm³/mol. The number of rotatable bonds is 3. The van der Waals surface area contributed by atoms with E-state index in [0.29, 0.717) is 5.76 Å². The van der Waals surface area contributed by atoms with Gasteiger partial charge >= 0.3 is 0 Å². The van der Waals surface area contributed by atoms with Crippen LogP contribution in [0.5, 0.6) is 0 Å². The summed E-state index contributed by atoms with van der Waals surface area (Å²) in [6, 6.07) is 3.35. The molecule has 0 bridgehead atoms. The zero-order chi connectivity index (χ0) is 8.97. The highest BCUT2D eigenvalue weighted by Gasteiger charge is 2.08. The number of aliphatic hydroxyl groups excluding tert-OH is 1. The number of aliphatic imine (C=N–C) groups is 1. The number of hydrogen-bond acceptors (Lipinski definition) is 3. The third-order valence-electron chi connectivity index (χ3n) is 1.32. The van der Waals surface area contributed by atoms with Crippen molar-refractivity contribution in [2.75, 3.05) is 6.54 Å². The summed E-state index contributed by atoms with van der Waals surface area (Å²) in [6.45, 7) is 0.121. The first-order valence-corrected chi connectivity index (χ1v) is 3.47. The van der Waals surface area contributed by atoms with Crippen LogP contribution in [0.4, 0.5) is 0 Å². The van der Waals surface area contributed by atoms with Gasteiger partial charge in [-0.15, -0.1) is 0 Å². The van der Waals surface area contributed by atoms with E-state index < -0.39 is 6.10 Å². The van der Waals surface area contributed by atoms with Gasteiger partial charge < -0.3 is 21.0 Å². The maximum atomic E-state index is 9.35. The third-order valence-corrected chi connectivity index (χ3v) is 1.32. The van der Waals surface area contributed by atoms with Crippen LogP contribution in [0, 0.1) is 0 Å². The van der Waals surface area contributed by atoms with Gasteiger partial charge in [-0.1, -0.05) is 0 Å². The number of guanidine groups is 1. The van der Waals surface area contributed by atoms with E-state index in [-0.39, 0.29) is 12.5 Å². The molecule has 5 N–H and O–H groups in total. The van der Waals surface area contributed by atoms with Crippen LogP contribution in [-0.4, -0.2) is 17.6 Å². The molecule has 0 aliphatic rings. The second kappa shape index (κ2) is 3.77. The second-order valence-corrected chi connectivity index (χ2v) is 2.30. The van der Waals surface area contributed by atoms with Gasteiger partial charge in [-0.25, -0.2) is 0 Å². The standard InChI is InChI=1S/C7H11N3O2/c8-7(9)10-4-5(11)6-2-1-3-12-6/h1-3,5,11H,4H2,(H4,8,9,10). The highest BCUT2D eigenvalue weighted by molar-refractivity contribution is 5.75. The average Bonchev–Trinajstić information content (AvgIpc) is 2.51. The van der Waals surface area contributed by atoms with Gasteiger partial charge in [0.25, 0.3) is 0 Å². The Balaban J connectivity index is 2.50. The van der Waals surface area contributed by atoms with Crippen LogP contribution in [0.25, 0.3) is 0 Å². The molecule has 0 spiro atoms. The van der Waals surface area contributed by atoms with E-state index in [9.17, 15) is 5.11 Å². The molecule has 1 heterocycles. The molecule has 1 rings (SSSR count). The number of hydrogen-bond donors (Lipinski definition) is 3. The molecular formula is C7H11N3O2. The molecule has 0 saturated heterocycles. The summed E-state index contributed by atoms with van der Waals surface area (Å²) in [7, 11) is 0. The molecule has 0 radical (unpaired) electrons. The fourth-order valence-electron chi connectivity index (χ4n) is 0.763. The van der Waals surface area contributed by atoms with E-state index in [0.717, 1.165) is 0 Å². The number of nitrogens with zero attached hydrogens (tertiary/aromatic N) is 1. The molecule has 12 heavy (non-hydrogen) atoms. The van der Waals surface area contributed by atoms with Crippen molar-refractivity contribution < 1.29 is 9.52 Å². The second-order valence-electron chi connectivity index (χ2n) is 2.30. The maximum absolute atomic E-state index is 9.35. The van der Waals surface area contributed by atoms with Gasteiger partial charge in [-0.3, -0.25) is 4.99 Å². The molecule has 1 unspecified atom stereocenters. The van der Waals surface area contributed by atoms with Crippen LogP contribution in [0.2, 0.25) is 0 Å². The molecule has 0 aliphatic carbocycles. The normalized spacial score (nSPS) is 12.4. The minimum absolute atomic E-state index is 0.0411. The Morgan fingerprint density at radius 3 is 2.92 bits per heavy atom. The van der Waals surface area contributed by atoms with Crippen molar-refractivity contribution in [2.45, 2.75) is 6.10 Å². The Labute approximate surface area is 69.7 Å². The van der Waals surface area contributed by atoms with Gasteiger partial charge in [0.2, 0.25) is 0 Å². The summed E-state index contributed by atoms with van der Waals surface area (Å²) in [4.78, 5) is 3.64. The lowest BCUT2D eigenvalue weighted by molar-refractivity contribution is 0.158. The molecule has 5 nitrogen and oxygen atoms in total. The van der Waals surface area contributed by atoms with Crippen molar-refractivity contribution in [2.24, 2.45) is 16.5 Å². The van der Waals surface area contributed by atoms with Crippen molar-refractivity contribution in [3.05, 3.63) is 24.2 Å².